The molecule has 2 nitrogen and oxygen atoms in total. The summed E-state index contributed by atoms with van der Waals surface area (Å²) in [6.45, 7) is 7.16. The lowest BCUT2D eigenvalue weighted by Crippen LogP contribution is -2.65. The Kier molecular flexibility index (Phi) is 2.80. The number of nitrogens with one attached hydrogen (secondary N) is 1. The van der Waals surface area contributed by atoms with E-state index in [0.29, 0.717) is 5.54 Å². The van der Waals surface area contributed by atoms with Gasteiger partial charge in [0.1, 0.15) is 0 Å². The minimum absolute atomic E-state index is 0.336. The molecule has 0 radical (unpaired) electrons. The van der Waals surface area contributed by atoms with Gasteiger partial charge in [-0.05, 0) is 82.6 Å². The SMILES string of the molecule is CN1CC(C2C3CC4CC(C3)CC2C4)NCC1(C)C. The van der Waals surface area contributed by atoms with E-state index in [1.54, 1.807) is 32.1 Å². The topological polar surface area (TPSA) is 15.3 Å². The third-order valence-electron chi connectivity index (χ3n) is 7.07. The van der Waals surface area contributed by atoms with Crippen molar-refractivity contribution in [2.75, 3.05) is 20.1 Å². The predicted octanol–water partition coefficient (Wildman–Crippen LogP) is 2.74. The predicted molar refractivity (Wildman–Crippen MR) is 79.0 cm³/mol. The second-order valence-corrected chi connectivity index (χ2v) is 8.69. The van der Waals surface area contributed by atoms with Crippen LogP contribution in [0, 0.1) is 29.6 Å². The van der Waals surface area contributed by atoms with E-state index in [9.17, 15) is 0 Å². The van der Waals surface area contributed by atoms with Crippen LogP contribution in [0.15, 0.2) is 0 Å². The van der Waals surface area contributed by atoms with Gasteiger partial charge in [0.15, 0.2) is 0 Å². The summed E-state index contributed by atoms with van der Waals surface area (Å²) in [6.07, 6.45) is 7.81. The Morgan fingerprint density at radius 2 is 1.53 bits per heavy atom. The monoisotopic (exact) mass is 262 g/mol. The third-order valence-corrected chi connectivity index (χ3v) is 7.07. The molecule has 1 heterocycles. The Morgan fingerprint density at radius 1 is 0.947 bits per heavy atom. The summed E-state index contributed by atoms with van der Waals surface area (Å²) >= 11 is 0. The maximum atomic E-state index is 3.93. The molecule has 1 aliphatic heterocycles. The standard InChI is InChI=1S/C17H30N2/c1-17(2)10-18-15(9-19(17)3)16-13-5-11-4-12(7-13)8-14(16)6-11/h11-16,18H,4-10H2,1-3H3. The van der Waals surface area contributed by atoms with Gasteiger partial charge < -0.3 is 5.32 Å². The van der Waals surface area contributed by atoms with Crippen LogP contribution in [-0.2, 0) is 0 Å². The second-order valence-electron chi connectivity index (χ2n) is 8.69. The molecular weight excluding hydrogens is 232 g/mol. The summed E-state index contributed by atoms with van der Waals surface area (Å²) in [5, 5.41) is 3.93. The fourth-order valence-corrected chi connectivity index (χ4v) is 6.00. The number of piperazine rings is 1. The molecule has 5 rings (SSSR count). The molecule has 0 aromatic heterocycles. The van der Waals surface area contributed by atoms with Crippen molar-refractivity contribution in [3.63, 3.8) is 0 Å². The van der Waals surface area contributed by atoms with E-state index < -0.39 is 0 Å². The highest BCUT2D eigenvalue weighted by atomic mass is 15.2. The van der Waals surface area contributed by atoms with E-state index in [2.05, 4.69) is 31.1 Å². The summed E-state index contributed by atoms with van der Waals surface area (Å²) in [5.41, 5.74) is 0.336. The van der Waals surface area contributed by atoms with Gasteiger partial charge in [0, 0.05) is 24.7 Å². The van der Waals surface area contributed by atoms with E-state index in [0.717, 1.165) is 42.2 Å². The average Bonchev–Trinajstić information content (AvgIpc) is 2.32. The van der Waals surface area contributed by atoms with Crippen molar-refractivity contribution in [3.05, 3.63) is 0 Å². The van der Waals surface area contributed by atoms with Crippen molar-refractivity contribution in [3.8, 4) is 0 Å². The molecule has 4 saturated carbocycles. The van der Waals surface area contributed by atoms with Crippen LogP contribution in [0.25, 0.3) is 0 Å². The molecule has 1 N–H and O–H groups in total. The van der Waals surface area contributed by atoms with Crippen LogP contribution in [0.3, 0.4) is 0 Å². The van der Waals surface area contributed by atoms with Crippen molar-refractivity contribution < 1.29 is 0 Å². The van der Waals surface area contributed by atoms with Crippen molar-refractivity contribution in [1.29, 1.82) is 0 Å². The van der Waals surface area contributed by atoms with Crippen LogP contribution in [0.4, 0.5) is 0 Å². The highest BCUT2D eigenvalue weighted by Gasteiger charge is 2.51. The first-order valence-corrected chi connectivity index (χ1v) is 8.47. The normalized spacial score (nSPS) is 52.6. The molecule has 0 aromatic carbocycles. The molecule has 19 heavy (non-hydrogen) atoms. The van der Waals surface area contributed by atoms with Crippen molar-refractivity contribution in [1.82, 2.24) is 10.2 Å². The van der Waals surface area contributed by atoms with Gasteiger partial charge in [-0.1, -0.05) is 0 Å². The number of nitrogens with zero attached hydrogens (tertiary/aromatic N) is 1. The molecule has 0 aromatic rings. The van der Waals surface area contributed by atoms with Gasteiger partial charge in [-0.15, -0.1) is 0 Å². The molecular formula is C17H30N2. The van der Waals surface area contributed by atoms with E-state index in [-0.39, 0.29) is 0 Å². The number of rotatable bonds is 1. The largest absolute Gasteiger partial charge is 0.311 e. The smallest absolute Gasteiger partial charge is 0.0275 e. The summed E-state index contributed by atoms with van der Waals surface area (Å²) < 4.78 is 0. The molecule has 4 aliphatic carbocycles. The summed E-state index contributed by atoms with van der Waals surface area (Å²) in [6, 6.07) is 0.771. The van der Waals surface area contributed by atoms with Crippen LogP contribution in [-0.4, -0.2) is 36.6 Å². The van der Waals surface area contributed by atoms with E-state index in [1.165, 1.54) is 6.54 Å². The zero-order valence-corrected chi connectivity index (χ0v) is 12.9. The Hall–Kier alpha value is -0.0800. The fraction of sp³-hybridized carbons (Fsp3) is 1.00. The van der Waals surface area contributed by atoms with Crippen LogP contribution < -0.4 is 5.32 Å². The molecule has 0 amide bonds. The maximum absolute atomic E-state index is 3.93. The lowest BCUT2D eigenvalue weighted by molar-refractivity contribution is -0.0679. The zero-order valence-electron chi connectivity index (χ0n) is 12.9. The number of likely N-dealkylation sites (N-methyl/N-ethyl adjacent to an activating group) is 1. The van der Waals surface area contributed by atoms with E-state index >= 15 is 0 Å². The minimum Gasteiger partial charge on any atom is -0.311 e. The van der Waals surface area contributed by atoms with E-state index in [4.69, 9.17) is 0 Å². The molecule has 4 bridgehead atoms. The van der Waals surface area contributed by atoms with Gasteiger partial charge in [-0.3, -0.25) is 4.90 Å². The second kappa shape index (κ2) is 4.21. The first kappa shape index (κ1) is 12.6. The molecule has 5 fully saturated rings. The van der Waals surface area contributed by atoms with Crippen molar-refractivity contribution in [2.45, 2.75) is 57.5 Å². The molecule has 1 saturated heterocycles. The van der Waals surface area contributed by atoms with Crippen molar-refractivity contribution >= 4 is 0 Å². The number of hydrogen-bond acceptors (Lipinski definition) is 2. The lowest BCUT2D eigenvalue weighted by atomic mass is 9.50. The molecule has 1 unspecified atom stereocenters. The van der Waals surface area contributed by atoms with Crippen LogP contribution in [0.2, 0.25) is 0 Å². The number of hydrogen-bond donors (Lipinski definition) is 1. The molecule has 2 heteroatoms. The molecule has 1 atom stereocenters. The third kappa shape index (κ3) is 1.98. The highest BCUT2D eigenvalue weighted by Crippen LogP contribution is 2.57. The first-order valence-electron chi connectivity index (χ1n) is 8.47. The van der Waals surface area contributed by atoms with Gasteiger partial charge in [-0.25, -0.2) is 0 Å². The van der Waals surface area contributed by atoms with Crippen molar-refractivity contribution in [2.24, 2.45) is 29.6 Å². The Morgan fingerprint density at radius 3 is 2.05 bits per heavy atom. The minimum atomic E-state index is 0.336. The molecule has 108 valence electrons. The summed E-state index contributed by atoms with van der Waals surface area (Å²) in [5.74, 6) is 5.33. The summed E-state index contributed by atoms with van der Waals surface area (Å²) in [4.78, 5) is 2.60. The lowest BCUT2D eigenvalue weighted by Gasteiger charge is -2.58. The maximum Gasteiger partial charge on any atom is 0.0275 e. The summed E-state index contributed by atoms with van der Waals surface area (Å²) in [7, 11) is 2.32. The quantitative estimate of drug-likeness (QED) is 0.782. The van der Waals surface area contributed by atoms with Crippen LogP contribution >= 0.6 is 0 Å². The van der Waals surface area contributed by atoms with Gasteiger partial charge in [0.25, 0.3) is 0 Å². The van der Waals surface area contributed by atoms with Gasteiger partial charge in [0.2, 0.25) is 0 Å². The Balaban J connectivity index is 1.51. The fourth-order valence-electron chi connectivity index (χ4n) is 6.00. The Bertz CT molecular complexity index is 334. The zero-order chi connectivity index (χ0) is 13.2. The van der Waals surface area contributed by atoms with Gasteiger partial charge in [-0.2, -0.15) is 0 Å². The van der Waals surface area contributed by atoms with Gasteiger partial charge >= 0.3 is 0 Å². The first-order chi connectivity index (χ1) is 9.03. The van der Waals surface area contributed by atoms with Crippen LogP contribution in [0.1, 0.15) is 46.0 Å². The Labute approximate surface area is 118 Å². The molecule has 0 spiro atoms. The molecule has 5 aliphatic rings. The average molecular weight is 262 g/mol. The van der Waals surface area contributed by atoms with E-state index in [1.807, 2.05) is 0 Å². The highest BCUT2D eigenvalue weighted by molar-refractivity contribution is 5.04. The van der Waals surface area contributed by atoms with Crippen LogP contribution in [0.5, 0.6) is 0 Å². The van der Waals surface area contributed by atoms with Gasteiger partial charge in [0.05, 0.1) is 0 Å².